The van der Waals surface area contributed by atoms with Crippen LogP contribution in [-0.2, 0) is 11.8 Å². The second kappa shape index (κ2) is 6.82. The van der Waals surface area contributed by atoms with Gasteiger partial charge in [0.2, 0.25) is 0 Å². The Bertz CT molecular complexity index is 790. The van der Waals surface area contributed by atoms with Gasteiger partial charge < -0.3 is 19.6 Å². The third-order valence-corrected chi connectivity index (χ3v) is 5.47. The van der Waals surface area contributed by atoms with Crippen molar-refractivity contribution in [2.45, 2.75) is 44.1 Å². The molecule has 4 rings (SSSR count). The van der Waals surface area contributed by atoms with Gasteiger partial charge >= 0.3 is 0 Å². The summed E-state index contributed by atoms with van der Waals surface area (Å²) in [6.07, 6.45) is 9.73. The second-order valence-corrected chi connectivity index (χ2v) is 7.28. The van der Waals surface area contributed by atoms with E-state index in [0.29, 0.717) is 0 Å². The zero-order chi connectivity index (χ0) is 18.3. The lowest BCUT2D eigenvalue weighted by Crippen LogP contribution is -2.31. The monoisotopic (exact) mass is 355 g/mol. The van der Waals surface area contributed by atoms with Crippen LogP contribution in [0.1, 0.15) is 30.3 Å². The topological polar surface area (TPSA) is 65.2 Å². The highest BCUT2D eigenvalue weighted by Crippen LogP contribution is 2.39. The van der Waals surface area contributed by atoms with Gasteiger partial charge in [-0.3, -0.25) is 0 Å². The minimum absolute atomic E-state index is 0.162. The van der Waals surface area contributed by atoms with Crippen molar-refractivity contribution in [1.82, 2.24) is 14.9 Å². The van der Waals surface area contributed by atoms with Gasteiger partial charge in [0, 0.05) is 43.6 Å². The first-order chi connectivity index (χ1) is 12.6. The van der Waals surface area contributed by atoms with Crippen LogP contribution in [0.15, 0.2) is 24.5 Å². The molecule has 0 bridgehead atoms. The van der Waals surface area contributed by atoms with Crippen LogP contribution in [0.4, 0.5) is 10.1 Å². The van der Waals surface area contributed by atoms with Gasteiger partial charge in [-0.05, 0) is 18.9 Å². The van der Waals surface area contributed by atoms with Gasteiger partial charge in [0.25, 0.3) is 6.71 Å². The summed E-state index contributed by atoms with van der Waals surface area (Å²) < 4.78 is 22.0. The molecule has 6 nitrogen and oxygen atoms in total. The molecular formula is C18H23BFN5O. The molecule has 2 unspecified atom stereocenters. The zero-order valence-corrected chi connectivity index (χ0v) is 15.1. The van der Waals surface area contributed by atoms with E-state index in [0.717, 1.165) is 48.0 Å². The molecule has 8 heteroatoms. The number of rotatable bonds is 3. The number of hydrogen-bond acceptors (Lipinski definition) is 5. The van der Waals surface area contributed by atoms with E-state index in [2.05, 4.69) is 21.4 Å². The number of likely N-dealkylation sites (N-methyl/N-ethyl adjacent to an activating group) is 1. The van der Waals surface area contributed by atoms with E-state index in [1.807, 2.05) is 25.5 Å². The van der Waals surface area contributed by atoms with Crippen molar-refractivity contribution in [3.8, 4) is 5.97 Å². The number of aryl methyl sites for hydroxylation is 1. The van der Waals surface area contributed by atoms with Crippen molar-refractivity contribution >= 4 is 18.0 Å². The maximum atomic E-state index is 13.6. The van der Waals surface area contributed by atoms with Gasteiger partial charge in [-0.1, -0.05) is 18.7 Å². The van der Waals surface area contributed by atoms with E-state index in [1.54, 1.807) is 18.0 Å². The number of nitrogens with zero attached hydrogens (tertiary/aromatic N) is 3. The lowest BCUT2D eigenvalue weighted by molar-refractivity contribution is -0.0321. The van der Waals surface area contributed by atoms with Gasteiger partial charge in [0.05, 0.1) is 17.5 Å². The normalized spacial score (nSPS) is 25.7. The molecule has 0 radical (unpaired) electrons. The summed E-state index contributed by atoms with van der Waals surface area (Å²) in [4.78, 5) is 1.55. The molecule has 1 aromatic heterocycles. The summed E-state index contributed by atoms with van der Waals surface area (Å²) in [6, 6.07) is 0. The Morgan fingerprint density at radius 2 is 2.12 bits per heavy atom. The van der Waals surface area contributed by atoms with Crippen LogP contribution in [0.2, 0.25) is 12.6 Å². The van der Waals surface area contributed by atoms with E-state index >= 15 is 0 Å². The maximum absolute atomic E-state index is 13.6. The van der Waals surface area contributed by atoms with Gasteiger partial charge in [-0.15, -0.1) is 0 Å². The predicted octanol–water partition coefficient (Wildman–Crippen LogP) is 2.83. The van der Waals surface area contributed by atoms with Crippen molar-refractivity contribution in [1.29, 1.82) is 5.26 Å². The van der Waals surface area contributed by atoms with Crippen LogP contribution in [0, 0.1) is 11.2 Å². The number of fused-ring (bicyclic) bond motifs is 1. The van der Waals surface area contributed by atoms with Crippen LogP contribution in [0.3, 0.4) is 0 Å². The fourth-order valence-corrected chi connectivity index (χ4v) is 3.95. The Hall–Kier alpha value is -2.24. The molecule has 0 saturated carbocycles. The summed E-state index contributed by atoms with van der Waals surface area (Å²) in [6.45, 7) is 0.169. The summed E-state index contributed by atoms with van der Waals surface area (Å²) in [7, 11) is 3.72. The van der Waals surface area contributed by atoms with Crippen molar-refractivity contribution in [2.75, 3.05) is 12.5 Å². The van der Waals surface area contributed by atoms with Gasteiger partial charge in [-0.25, -0.2) is 15.1 Å². The molecule has 2 atom stereocenters. The van der Waals surface area contributed by atoms with E-state index in [1.165, 1.54) is 0 Å². The molecular weight excluding hydrogens is 332 g/mol. The van der Waals surface area contributed by atoms with Crippen LogP contribution >= 0.6 is 0 Å². The summed E-state index contributed by atoms with van der Waals surface area (Å²) in [5.74, 6) is 2.36. The number of aromatic nitrogens is 1. The summed E-state index contributed by atoms with van der Waals surface area (Å²) >= 11 is 0. The smallest absolute Gasteiger partial charge is 0.268 e. The number of anilines is 1. The zero-order valence-electron chi connectivity index (χ0n) is 15.1. The first-order valence-corrected chi connectivity index (χ1v) is 9.09. The van der Waals surface area contributed by atoms with Crippen LogP contribution < -0.4 is 10.9 Å². The molecule has 3 aliphatic rings. The largest absolute Gasteiger partial charge is 0.353 e. The first kappa shape index (κ1) is 17.2. The van der Waals surface area contributed by atoms with E-state index < -0.39 is 6.30 Å². The molecule has 0 aromatic carbocycles. The average Bonchev–Trinajstić information content (AvgIpc) is 3.20. The predicted molar refractivity (Wildman–Crippen MR) is 99.8 cm³/mol. The SMILES string of the molecule is CN1C=C(c2cn(C)c3c2NNC3OC2CCB(C#N)CC2)C=CC1F. The number of halogens is 1. The number of nitriles is 1. The molecule has 1 saturated heterocycles. The number of hydrogen-bond donors (Lipinski definition) is 2. The Kier molecular flexibility index (Phi) is 4.51. The molecule has 0 spiro atoms. The van der Waals surface area contributed by atoms with E-state index in [9.17, 15) is 4.39 Å². The van der Waals surface area contributed by atoms with Crippen molar-refractivity contribution < 1.29 is 9.13 Å². The average molecular weight is 355 g/mol. The van der Waals surface area contributed by atoms with Crippen LogP contribution in [0.5, 0.6) is 0 Å². The first-order valence-electron chi connectivity index (χ1n) is 9.09. The van der Waals surface area contributed by atoms with Gasteiger partial charge in [0.1, 0.15) is 0 Å². The second-order valence-electron chi connectivity index (χ2n) is 7.28. The molecule has 1 aromatic rings. The minimum atomic E-state index is -1.08. The Labute approximate surface area is 153 Å². The Balaban J connectivity index is 1.52. The Morgan fingerprint density at radius 3 is 2.81 bits per heavy atom. The highest BCUT2D eigenvalue weighted by Gasteiger charge is 2.34. The summed E-state index contributed by atoms with van der Waals surface area (Å²) in [5, 5.41) is 9.04. The fraction of sp³-hybridized carbons (Fsp3) is 0.500. The molecule has 4 heterocycles. The standard InChI is InChI=1S/C18H23BFN5O/c1-24-9-12(3-4-15(24)20)14-10-25(2)17-16(14)22-23-18(17)26-13-5-7-19(11-21)8-6-13/h3-4,9-10,13,15,18,22-23H,5-8H2,1-2H3. The third kappa shape index (κ3) is 3.02. The number of ether oxygens (including phenoxy) is 1. The molecule has 3 aliphatic heterocycles. The lowest BCUT2D eigenvalue weighted by atomic mass is 9.42. The highest BCUT2D eigenvalue weighted by atomic mass is 19.1. The quantitative estimate of drug-likeness (QED) is 0.645. The maximum Gasteiger partial charge on any atom is 0.268 e. The van der Waals surface area contributed by atoms with Crippen molar-refractivity contribution in [3.63, 3.8) is 0 Å². The number of hydrazine groups is 1. The summed E-state index contributed by atoms with van der Waals surface area (Å²) in [5.41, 5.74) is 10.5. The van der Waals surface area contributed by atoms with Crippen molar-refractivity contribution in [3.05, 3.63) is 35.8 Å². The molecule has 2 N–H and O–H groups in total. The van der Waals surface area contributed by atoms with Gasteiger partial charge in [0.15, 0.2) is 12.5 Å². The van der Waals surface area contributed by atoms with Crippen molar-refractivity contribution in [2.24, 2.45) is 7.05 Å². The number of nitrogens with one attached hydrogen (secondary N) is 2. The third-order valence-electron chi connectivity index (χ3n) is 5.47. The minimum Gasteiger partial charge on any atom is -0.353 e. The highest BCUT2D eigenvalue weighted by molar-refractivity contribution is 6.67. The van der Waals surface area contributed by atoms with E-state index in [-0.39, 0.29) is 19.0 Å². The van der Waals surface area contributed by atoms with Crippen LogP contribution in [0.25, 0.3) is 5.57 Å². The molecule has 0 amide bonds. The molecule has 136 valence electrons. The fourth-order valence-electron chi connectivity index (χ4n) is 3.95. The molecule has 1 fully saturated rings. The molecule has 26 heavy (non-hydrogen) atoms. The lowest BCUT2D eigenvalue weighted by Gasteiger charge is -2.26. The Morgan fingerprint density at radius 1 is 1.35 bits per heavy atom. The van der Waals surface area contributed by atoms with E-state index in [4.69, 9.17) is 10.00 Å². The van der Waals surface area contributed by atoms with Crippen LogP contribution in [-0.4, -0.2) is 35.6 Å². The molecule has 0 aliphatic carbocycles. The number of allylic oxidation sites excluding steroid dienone is 2. The van der Waals surface area contributed by atoms with Gasteiger partial charge in [-0.2, -0.15) is 0 Å². The number of alkyl halides is 1.